The van der Waals surface area contributed by atoms with Crippen molar-refractivity contribution in [3.63, 3.8) is 0 Å². The molecule has 0 aromatic carbocycles. The molecule has 1 aromatic heterocycles. The van der Waals surface area contributed by atoms with E-state index in [0.717, 1.165) is 17.8 Å². The van der Waals surface area contributed by atoms with Gasteiger partial charge in [-0.15, -0.1) is 11.3 Å². The molecule has 1 N–H and O–H groups in total. The fourth-order valence-electron chi connectivity index (χ4n) is 2.79. The summed E-state index contributed by atoms with van der Waals surface area (Å²) in [5, 5.41) is 10.2. The second-order valence-electron chi connectivity index (χ2n) is 5.44. The van der Waals surface area contributed by atoms with Crippen LogP contribution in [0.2, 0.25) is 0 Å². The van der Waals surface area contributed by atoms with Gasteiger partial charge in [-0.3, -0.25) is 4.79 Å². The largest absolute Gasteiger partial charge is 0.481 e. The molecule has 0 unspecified atom stereocenters. The van der Waals surface area contributed by atoms with Crippen molar-refractivity contribution in [2.24, 2.45) is 5.41 Å². The first-order valence-corrected chi connectivity index (χ1v) is 9.23. The lowest BCUT2D eigenvalue weighted by molar-refractivity contribution is -0.152. The first-order valence-electron chi connectivity index (χ1n) is 6.98. The summed E-state index contributed by atoms with van der Waals surface area (Å²) in [5.41, 5.74) is -0.773. The van der Waals surface area contributed by atoms with Crippen molar-refractivity contribution in [2.75, 3.05) is 13.1 Å². The molecule has 1 saturated heterocycles. The number of aromatic nitrogens is 1. The molecule has 0 bridgehead atoms. The van der Waals surface area contributed by atoms with E-state index in [1.54, 1.807) is 6.92 Å². The molecule has 21 heavy (non-hydrogen) atoms. The Hall–Kier alpha value is -0.990. The smallest absolute Gasteiger partial charge is 0.309 e. The number of hydrogen-bond donors (Lipinski definition) is 1. The summed E-state index contributed by atoms with van der Waals surface area (Å²) in [4.78, 5) is 15.5. The first-order chi connectivity index (χ1) is 9.82. The summed E-state index contributed by atoms with van der Waals surface area (Å²) >= 11 is 1.15. The zero-order chi connectivity index (χ0) is 15.7. The molecule has 1 fully saturated rings. The lowest BCUT2D eigenvalue weighted by atomic mass is 9.75. The van der Waals surface area contributed by atoms with Gasteiger partial charge < -0.3 is 5.11 Å². The average molecular weight is 332 g/mol. The van der Waals surface area contributed by atoms with E-state index in [0.29, 0.717) is 24.3 Å². The summed E-state index contributed by atoms with van der Waals surface area (Å²) in [5.74, 6) is -0.810. The van der Waals surface area contributed by atoms with Crippen molar-refractivity contribution >= 4 is 27.3 Å². The topological polar surface area (TPSA) is 87.6 Å². The Labute approximate surface area is 128 Å². The average Bonchev–Trinajstić information content (AvgIpc) is 2.87. The summed E-state index contributed by atoms with van der Waals surface area (Å²) in [7, 11) is -3.54. The molecule has 0 spiro atoms. The van der Waals surface area contributed by atoms with Gasteiger partial charge in [0.2, 0.25) is 0 Å². The zero-order valence-electron chi connectivity index (χ0n) is 12.2. The van der Waals surface area contributed by atoms with Gasteiger partial charge in [-0.2, -0.15) is 4.31 Å². The molecule has 0 amide bonds. The van der Waals surface area contributed by atoms with Gasteiger partial charge in [-0.25, -0.2) is 13.4 Å². The van der Waals surface area contributed by atoms with Gasteiger partial charge in [-0.1, -0.05) is 13.3 Å². The van der Waals surface area contributed by atoms with E-state index in [2.05, 4.69) is 4.98 Å². The van der Waals surface area contributed by atoms with E-state index < -0.39 is 21.4 Å². The zero-order valence-corrected chi connectivity index (χ0v) is 13.8. The highest BCUT2D eigenvalue weighted by atomic mass is 32.2. The number of carboxylic acids is 1. The fourth-order valence-corrected chi connectivity index (χ4v) is 5.50. The van der Waals surface area contributed by atoms with E-state index in [1.165, 1.54) is 10.5 Å². The molecule has 2 rings (SSSR count). The Morgan fingerprint density at radius 2 is 2.10 bits per heavy atom. The number of carboxylic acid groups (broad SMARTS) is 1. The van der Waals surface area contributed by atoms with Crippen LogP contribution in [-0.2, 0) is 14.8 Å². The minimum Gasteiger partial charge on any atom is -0.481 e. The van der Waals surface area contributed by atoms with Crippen LogP contribution in [0.5, 0.6) is 0 Å². The number of sulfonamides is 1. The van der Waals surface area contributed by atoms with Crippen LogP contribution in [0.15, 0.2) is 10.4 Å². The van der Waals surface area contributed by atoms with Crippen LogP contribution in [0.4, 0.5) is 0 Å². The second-order valence-corrected chi connectivity index (χ2v) is 8.84. The summed E-state index contributed by atoms with van der Waals surface area (Å²) in [6.07, 6.45) is 3.49. The van der Waals surface area contributed by atoms with Crippen LogP contribution in [0.25, 0.3) is 0 Å². The van der Waals surface area contributed by atoms with Gasteiger partial charge >= 0.3 is 5.97 Å². The van der Waals surface area contributed by atoms with Crippen molar-refractivity contribution in [3.8, 4) is 0 Å². The summed E-state index contributed by atoms with van der Waals surface area (Å²) in [6.45, 7) is 4.22. The van der Waals surface area contributed by atoms with Crippen molar-refractivity contribution in [3.05, 3.63) is 11.2 Å². The number of aliphatic carboxylic acids is 1. The van der Waals surface area contributed by atoms with E-state index in [-0.39, 0.29) is 17.3 Å². The maximum absolute atomic E-state index is 12.5. The molecule has 118 valence electrons. The number of aryl methyl sites for hydroxylation is 1. The molecule has 1 aromatic rings. The summed E-state index contributed by atoms with van der Waals surface area (Å²) in [6, 6.07) is 0. The van der Waals surface area contributed by atoms with Crippen molar-refractivity contribution < 1.29 is 18.3 Å². The Bertz CT molecular complexity index is 616. The maximum Gasteiger partial charge on any atom is 0.309 e. The Morgan fingerprint density at radius 3 is 2.52 bits per heavy atom. The van der Waals surface area contributed by atoms with Crippen LogP contribution in [0.1, 0.15) is 37.6 Å². The van der Waals surface area contributed by atoms with Crippen LogP contribution < -0.4 is 0 Å². The highest BCUT2D eigenvalue weighted by Crippen LogP contribution is 2.38. The van der Waals surface area contributed by atoms with Crippen molar-refractivity contribution in [1.29, 1.82) is 0 Å². The molecule has 0 aliphatic carbocycles. The Morgan fingerprint density at radius 1 is 1.48 bits per heavy atom. The van der Waals surface area contributed by atoms with Gasteiger partial charge in [0.25, 0.3) is 10.0 Å². The van der Waals surface area contributed by atoms with Gasteiger partial charge in [-0.05, 0) is 26.2 Å². The number of piperidine rings is 1. The minimum absolute atomic E-state index is 0.235. The molecule has 0 atom stereocenters. The van der Waals surface area contributed by atoms with Gasteiger partial charge in [0.1, 0.15) is 0 Å². The quantitative estimate of drug-likeness (QED) is 0.892. The second kappa shape index (κ2) is 6.02. The molecule has 0 radical (unpaired) electrons. The van der Waals surface area contributed by atoms with Gasteiger partial charge in [0.15, 0.2) is 4.21 Å². The van der Waals surface area contributed by atoms with Gasteiger partial charge in [0.05, 0.1) is 16.6 Å². The van der Waals surface area contributed by atoms with E-state index in [9.17, 15) is 18.3 Å². The number of carbonyl (C=O) groups is 1. The molecular weight excluding hydrogens is 312 g/mol. The minimum atomic E-state index is -3.54. The molecule has 1 aliphatic rings. The molecule has 2 heterocycles. The van der Waals surface area contributed by atoms with Crippen LogP contribution in [0.3, 0.4) is 0 Å². The van der Waals surface area contributed by atoms with E-state index >= 15 is 0 Å². The van der Waals surface area contributed by atoms with Crippen LogP contribution in [0, 0.1) is 12.3 Å². The third kappa shape index (κ3) is 3.12. The van der Waals surface area contributed by atoms with Gasteiger partial charge in [0, 0.05) is 13.1 Å². The van der Waals surface area contributed by atoms with E-state index in [1.807, 2.05) is 6.92 Å². The number of thiazole rings is 1. The maximum atomic E-state index is 12.5. The first kappa shape index (κ1) is 16.4. The lowest BCUT2D eigenvalue weighted by Crippen LogP contribution is -2.46. The molecule has 6 nitrogen and oxygen atoms in total. The molecule has 0 saturated carbocycles. The monoisotopic (exact) mass is 332 g/mol. The highest BCUT2D eigenvalue weighted by molar-refractivity contribution is 7.91. The third-order valence-electron chi connectivity index (χ3n) is 4.06. The van der Waals surface area contributed by atoms with Crippen LogP contribution in [-0.4, -0.2) is 41.9 Å². The molecular formula is C13H20N2O4S2. The standard InChI is InChI=1S/C13H20N2O4S2/c1-3-4-13(12(16)17)5-7-15(8-6-13)21(18,19)11-9-14-10(2)20-11/h9H,3-8H2,1-2H3,(H,16,17). The number of hydrogen-bond acceptors (Lipinski definition) is 5. The predicted molar refractivity (Wildman–Crippen MR) is 79.8 cm³/mol. The third-order valence-corrected chi connectivity index (χ3v) is 7.30. The molecule has 1 aliphatic heterocycles. The summed E-state index contributed by atoms with van der Waals surface area (Å²) < 4.78 is 26.6. The fraction of sp³-hybridized carbons (Fsp3) is 0.692. The normalized spacial score (nSPS) is 19.5. The Balaban J connectivity index is 2.15. The predicted octanol–water partition coefficient (Wildman–Crippen LogP) is 2.11. The Kier molecular flexibility index (Phi) is 4.69. The highest BCUT2D eigenvalue weighted by Gasteiger charge is 2.43. The van der Waals surface area contributed by atoms with Crippen molar-refractivity contribution in [2.45, 2.75) is 43.7 Å². The molecule has 8 heteroatoms. The number of nitrogens with zero attached hydrogens (tertiary/aromatic N) is 2. The number of rotatable bonds is 5. The van der Waals surface area contributed by atoms with Crippen LogP contribution >= 0.6 is 11.3 Å². The SMILES string of the molecule is CCCC1(C(=O)O)CCN(S(=O)(=O)c2cnc(C)s2)CC1. The van der Waals surface area contributed by atoms with Crippen molar-refractivity contribution in [1.82, 2.24) is 9.29 Å². The van der Waals surface area contributed by atoms with E-state index in [4.69, 9.17) is 0 Å². The lowest BCUT2D eigenvalue weighted by Gasteiger charge is -2.37.